The van der Waals surface area contributed by atoms with E-state index in [1.54, 1.807) is 0 Å². The highest BCUT2D eigenvalue weighted by molar-refractivity contribution is 6.32. The number of hydrogen-bond acceptors (Lipinski definition) is 6. The molecule has 0 bridgehead atoms. The number of rotatable bonds is 7. The second-order valence-electron chi connectivity index (χ2n) is 3.41. The number of anilines is 2. The summed E-state index contributed by atoms with van der Waals surface area (Å²) in [5.74, 6) is 0.984. The third kappa shape index (κ3) is 5.05. The van der Waals surface area contributed by atoms with E-state index in [-0.39, 0.29) is 6.61 Å². The molecule has 1 rings (SSSR count). The van der Waals surface area contributed by atoms with E-state index >= 15 is 0 Å². The van der Waals surface area contributed by atoms with Crippen molar-refractivity contribution in [3.05, 3.63) is 11.2 Å². The van der Waals surface area contributed by atoms with Crippen LogP contribution in [0.1, 0.15) is 13.3 Å². The SMILES string of the molecule is CCCNc1ncc(Cl)c(NCCOC(N)=O)n1. The van der Waals surface area contributed by atoms with E-state index in [0.717, 1.165) is 13.0 Å². The largest absolute Gasteiger partial charge is 0.448 e. The van der Waals surface area contributed by atoms with E-state index in [4.69, 9.17) is 17.3 Å². The number of nitrogens with one attached hydrogen (secondary N) is 2. The Bertz CT molecular complexity index is 402. The first-order chi connectivity index (χ1) is 8.63. The maximum Gasteiger partial charge on any atom is 0.404 e. The van der Waals surface area contributed by atoms with Gasteiger partial charge in [0.2, 0.25) is 5.95 Å². The molecular formula is C10H16ClN5O2. The van der Waals surface area contributed by atoms with Crippen molar-refractivity contribution >= 4 is 29.5 Å². The van der Waals surface area contributed by atoms with Gasteiger partial charge in [0.25, 0.3) is 0 Å². The highest BCUT2D eigenvalue weighted by Crippen LogP contribution is 2.18. The number of nitrogens with zero attached hydrogens (tertiary/aromatic N) is 2. The molecule has 4 N–H and O–H groups in total. The Hall–Kier alpha value is -1.76. The van der Waals surface area contributed by atoms with Gasteiger partial charge in [-0.15, -0.1) is 0 Å². The van der Waals surface area contributed by atoms with E-state index in [9.17, 15) is 4.79 Å². The van der Waals surface area contributed by atoms with Gasteiger partial charge in [0.15, 0.2) is 5.82 Å². The van der Waals surface area contributed by atoms with Gasteiger partial charge in [-0.2, -0.15) is 4.98 Å². The molecule has 0 saturated carbocycles. The maximum absolute atomic E-state index is 10.4. The minimum absolute atomic E-state index is 0.146. The Morgan fingerprint density at radius 3 is 2.94 bits per heavy atom. The van der Waals surface area contributed by atoms with Crippen molar-refractivity contribution in [2.24, 2.45) is 5.73 Å². The monoisotopic (exact) mass is 273 g/mol. The summed E-state index contributed by atoms with van der Waals surface area (Å²) in [7, 11) is 0. The average Bonchev–Trinajstić information content (AvgIpc) is 2.34. The summed E-state index contributed by atoms with van der Waals surface area (Å²) < 4.78 is 4.57. The summed E-state index contributed by atoms with van der Waals surface area (Å²) in [5, 5.41) is 6.37. The van der Waals surface area contributed by atoms with Gasteiger partial charge in [-0.3, -0.25) is 0 Å². The third-order valence-electron chi connectivity index (χ3n) is 1.92. The summed E-state index contributed by atoms with van der Waals surface area (Å²) in [6, 6.07) is 0. The van der Waals surface area contributed by atoms with Gasteiger partial charge >= 0.3 is 6.09 Å². The zero-order valence-electron chi connectivity index (χ0n) is 10.1. The molecule has 1 aromatic heterocycles. The van der Waals surface area contributed by atoms with Crippen LogP contribution in [0.4, 0.5) is 16.6 Å². The van der Waals surface area contributed by atoms with Crippen LogP contribution in [0.3, 0.4) is 0 Å². The van der Waals surface area contributed by atoms with Gasteiger partial charge in [-0.1, -0.05) is 18.5 Å². The fraction of sp³-hybridized carbons (Fsp3) is 0.500. The summed E-state index contributed by atoms with van der Waals surface area (Å²) >= 11 is 5.92. The number of halogens is 1. The molecule has 1 aromatic rings. The van der Waals surface area contributed by atoms with Crippen molar-refractivity contribution in [3.8, 4) is 0 Å². The van der Waals surface area contributed by atoms with E-state index in [2.05, 4.69) is 25.3 Å². The zero-order valence-corrected chi connectivity index (χ0v) is 10.8. The Labute approximate surface area is 110 Å². The topological polar surface area (TPSA) is 102 Å². The van der Waals surface area contributed by atoms with E-state index < -0.39 is 6.09 Å². The molecule has 8 heteroatoms. The Morgan fingerprint density at radius 2 is 2.28 bits per heavy atom. The van der Waals surface area contributed by atoms with E-state index in [0.29, 0.717) is 23.3 Å². The molecule has 1 heterocycles. The predicted molar refractivity (Wildman–Crippen MR) is 69.8 cm³/mol. The Kier molecular flexibility index (Phi) is 5.99. The Morgan fingerprint density at radius 1 is 1.50 bits per heavy atom. The molecule has 18 heavy (non-hydrogen) atoms. The fourth-order valence-electron chi connectivity index (χ4n) is 1.13. The van der Waals surface area contributed by atoms with Crippen LogP contribution in [-0.2, 0) is 4.74 Å². The molecule has 100 valence electrons. The number of carbonyl (C=O) groups excluding carboxylic acids is 1. The molecule has 0 aliphatic heterocycles. The molecule has 0 spiro atoms. The van der Waals surface area contributed by atoms with Crippen LogP contribution < -0.4 is 16.4 Å². The molecule has 0 aliphatic carbocycles. The van der Waals surface area contributed by atoms with Crippen LogP contribution in [0, 0.1) is 0 Å². The van der Waals surface area contributed by atoms with Gasteiger partial charge in [0.05, 0.1) is 12.7 Å². The minimum atomic E-state index is -0.809. The Balaban J connectivity index is 2.49. The van der Waals surface area contributed by atoms with E-state index in [1.165, 1.54) is 6.20 Å². The number of amides is 1. The lowest BCUT2D eigenvalue weighted by molar-refractivity contribution is 0.161. The van der Waals surface area contributed by atoms with Gasteiger partial charge < -0.3 is 21.1 Å². The third-order valence-corrected chi connectivity index (χ3v) is 2.19. The average molecular weight is 274 g/mol. The smallest absolute Gasteiger partial charge is 0.404 e. The van der Waals surface area contributed by atoms with Crippen LogP contribution >= 0.6 is 11.6 Å². The second kappa shape index (κ2) is 7.54. The van der Waals surface area contributed by atoms with Crippen molar-refractivity contribution in [2.75, 3.05) is 30.3 Å². The first-order valence-electron chi connectivity index (χ1n) is 5.56. The molecule has 0 fully saturated rings. The molecule has 7 nitrogen and oxygen atoms in total. The van der Waals surface area contributed by atoms with Gasteiger partial charge in [0.1, 0.15) is 11.6 Å². The molecule has 0 aromatic carbocycles. The summed E-state index contributed by atoms with van der Waals surface area (Å²) in [4.78, 5) is 18.6. The van der Waals surface area contributed by atoms with Gasteiger partial charge in [-0.25, -0.2) is 9.78 Å². The molecule has 0 saturated heterocycles. The first-order valence-corrected chi connectivity index (χ1v) is 5.93. The number of carbonyl (C=O) groups is 1. The normalized spacial score (nSPS) is 9.89. The number of aromatic nitrogens is 2. The molecule has 1 amide bonds. The maximum atomic E-state index is 10.4. The standard InChI is InChI=1S/C10H16ClN5O2/c1-2-3-14-10-15-6-7(11)8(16-10)13-4-5-18-9(12)17/h6H,2-5H2,1H3,(H2,12,17)(H2,13,14,15,16). The number of hydrogen-bond donors (Lipinski definition) is 3. The van der Waals surface area contributed by atoms with Crippen LogP contribution in [0.15, 0.2) is 6.20 Å². The molecule has 0 radical (unpaired) electrons. The van der Waals surface area contributed by atoms with Crippen LogP contribution in [0.2, 0.25) is 5.02 Å². The zero-order chi connectivity index (χ0) is 13.4. The van der Waals surface area contributed by atoms with Gasteiger partial charge in [0, 0.05) is 6.54 Å². The van der Waals surface area contributed by atoms with Crippen molar-refractivity contribution < 1.29 is 9.53 Å². The second-order valence-corrected chi connectivity index (χ2v) is 3.82. The first kappa shape index (κ1) is 14.3. The van der Waals surface area contributed by atoms with Crippen molar-refractivity contribution in [1.29, 1.82) is 0 Å². The fourth-order valence-corrected chi connectivity index (χ4v) is 1.29. The molecular weight excluding hydrogens is 258 g/mol. The van der Waals surface area contributed by atoms with Crippen LogP contribution in [-0.4, -0.2) is 35.8 Å². The summed E-state index contributed by atoms with van der Waals surface area (Å²) in [6.07, 6.45) is 1.67. The van der Waals surface area contributed by atoms with Crippen molar-refractivity contribution in [1.82, 2.24) is 9.97 Å². The number of ether oxygens (including phenoxy) is 1. The highest BCUT2D eigenvalue weighted by atomic mass is 35.5. The molecule has 0 aliphatic rings. The minimum Gasteiger partial charge on any atom is -0.448 e. The number of primary amides is 1. The molecule has 0 unspecified atom stereocenters. The lowest BCUT2D eigenvalue weighted by Crippen LogP contribution is -2.19. The van der Waals surface area contributed by atoms with Gasteiger partial charge in [-0.05, 0) is 6.42 Å². The lowest BCUT2D eigenvalue weighted by atomic mass is 10.5. The van der Waals surface area contributed by atoms with Crippen molar-refractivity contribution in [2.45, 2.75) is 13.3 Å². The number of nitrogens with two attached hydrogens (primary N) is 1. The van der Waals surface area contributed by atoms with Crippen LogP contribution in [0.5, 0.6) is 0 Å². The quantitative estimate of drug-likeness (QED) is 0.650. The van der Waals surface area contributed by atoms with E-state index in [1.807, 2.05) is 6.92 Å². The van der Waals surface area contributed by atoms with Crippen molar-refractivity contribution in [3.63, 3.8) is 0 Å². The molecule has 0 atom stereocenters. The van der Waals surface area contributed by atoms with Crippen LogP contribution in [0.25, 0.3) is 0 Å². The predicted octanol–water partition coefficient (Wildman–Crippen LogP) is 1.46. The summed E-state index contributed by atoms with van der Waals surface area (Å²) in [5.41, 5.74) is 4.83. The summed E-state index contributed by atoms with van der Waals surface area (Å²) in [6.45, 7) is 3.34. The lowest BCUT2D eigenvalue weighted by Gasteiger charge is -2.09. The highest BCUT2D eigenvalue weighted by Gasteiger charge is 2.04.